The zero-order valence-corrected chi connectivity index (χ0v) is 23.7. The number of hydrogen-bond donors (Lipinski definition) is 4. The molecule has 5 rings (SSSR count). The summed E-state index contributed by atoms with van der Waals surface area (Å²) >= 11 is 25.4. The van der Waals surface area contributed by atoms with E-state index in [1.165, 1.54) is 24.3 Å². The predicted octanol–water partition coefficient (Wildman–Crippen LogP) is 9.48. The average Bonchev–Trinajstić information content (AvgIpc) is 2.93. The van der Waals surface area contributed by atoms with Gasteiger partial charge in [0, 0.05) is 11.8 Å². The van der Waals surface area contributed by atoms with Crippen molar-refractivity contribution >= 4 is 46.4 Å². The topological polar surface area (TPSA) is 80.9 Å². The standard InChI is InChI=1S/C32H22Cl4O4/c33-23-13-17(5-9-27(23)37)31(18-6-10-28(38)24(34)14-18)21-3-1-2-4-22(21)32(19-7-11-29(39)25(35)15-19)20-8-12-30(40)26(36)16-20/h1-16,31-32,37-40H. The highest BCUT2D eigenvalue weighted by Crippen LogP contribution is 2.45. The molecule has 0 saturated heterocycles. The molecule has 4 N–H and O–H groups in total. The zero-order chi connectivity index (χ0) is 28.6. The van der Waals surface area contributed by atoms with Gasteiger partial charge in [0.2, 0.25) is 0 Å². The van der Waals surface area contributed by atoms with Gasteiger partial charge in [-0.1, -0.05) is 94.9 Å². The van der Waals surface area contributed by atoms with Gasteiger partial charge in [-0.3, -0.25) is 0 Å². The predicted molar refractivity (Wildman–Crippen MR) is 161 cm³/mol. The minimum atomic E-state index is -0.421. The van der Waals surface area contributed by atoms with E-state index in [4.69, 9.17) is 46.4 Å². The molecular formula is C32H22Cl4O4. The zero-order valence-electron chi connectivity index (χ0n) is 20.7. The molecule has 0 bridgehead atoms. The maximum Gasteiger partial charge on any atom is 0.134 e. The largest absolute Gasteiger partial charge is 0.506 e. The molecule has 0 saturated carbocycles. The number of aromatic hydroxyl groups is 4. The summed E-state index contributed by atoms with van der Waals surface area (Å²) < 4.78 is 0. The molecule has 0 aromatic heterocycles. The van der Waals surface area contributed by atoms with Crippen molar-refractivity contribution < 1.29 is 20.4 Å². The third kappa shape index (κ3) is 5.54. The normalized spacial score (nSPS) is 11.3. The summed E-state index contributed by atoms with van der Waals surface area (Å²) in [6.07, 6.45) is 0. The van der Waals surface area contributed by atoms with Crippen LogP contribution in [-0.2, 0) is 0 Å². The maximum atomic E-state index is 10.1. The van der Waals surface area contributed by atoms with Crippen LogP contribution in [0.5, 0.6) is 23.0 Å². The van der Waals surface area contributed by atoms with E-state index >= 15 is 0 Å². The van der Waals surface area contributed by atoms with Crippen molar-refractivity contribution in [2.24, 2.45) is 0 Å². The van der Waals surface area contributed by atoms with Gasteiger partial charge >= 0.3 is 0 Å². The molecule has 4 nitrogen and oxygen atoms in total. The summed E-state index contributed by atoms with van der Waals surface area (Å²) in [5.74, 6) is -1.02. The lowest BCUT2D eigenvalue weighted by molar-refractivity contribution is 0.474. The second-order valence-electron chi connectivity index (χ2n) is 9.34. The Morgan fingerprint density at radius 1 is 0.375 bits per heavy atom. The van der Waals surface area contributed by atoms with E-state index in [0.717, 1.165) is 33.4 Å². The number of benzene rings is 5. The maximum absolute atomic E-state index is 10.1. The Balaban J connectivity index is 1.80. The molecule has 0 amide bonds. The van der Waals surface area contributed by atoms with E-state index in [1.54, 1.807) is 48.5 Å². The molecule has 0 aliphatic carbocycles. The summed E-state index contributed by atoms with van der Waals surface area (Å²) in [5.41, 5.74) is 4.88. The molecule has 0 aliphatic heterocycles. The SMILES string of the molecule is Oc1ccc(C(c2ccc(O)c(Cl)c2)c2ccccc2C(c2ccc(O)c(Cl)c2)c2ccc(O)c(Cl)c2)cc1Cl. The summed E-state index contributed by atoms with van der Waals surface area (Å²) in [6, 6.07) is 27.9. The Morgan fingerprint density at radius 2 is 0.625 bits per heavy atom. The van der Waals surface area contributed by atoms with E-state index in [9.17, 15) is 20.4 Å². The van der Waals surface area contributed by atoms with Crippen molar-refractivity contribution in [1.82, 2.24) is 0 Å². The number of rotatable bonds is 6. The van der Waals surface area contributed by atoms with Gasteiger partial charge in [0.15, 0.2) is 0 Å². The van der Waals surface area contributed by atoms with Crippen LogP contribution in [0.15, 0.2) is 97.1 Å². The highest BCUT2D eigenvalue weighted by Gasteiger charge is 2.27. The first kappa shape index (κ1) is 28.0. The van der Waals surface area contributed by atoms with Crippen LogP contribution < -0.4 is 0 Å². The fourth-order valence-corrected chi connectivity index (χ4v) is 5.71. The van der Waals surface area contributed by atoms with Crippen LogP contribution in [0.3, 0.4) is 0 Å². The van der Waals surface area contributed by atoms with Gasteiger partial charge in [-0.2, -0.15) is 0 Å². The van der Waals surface area contributed by atoms with Gasteiger partial charge in [-0.25, -0.2) is 0 Å². The fourth-order valence-electron chi connectivity index (χ4n) is 4.95. The van der Waals surface area contributed by atoms with E-state index in [-0.39, 0.29) is 43.1 Å². The van der Waals surface area contributed by atoms with Crippen LogP contribution in [0, 0.1) is 0 Å². The number of phenolic OH excluding ortho intramolecular Hbond substituents is 4. The molecule has 8 heteroatoms. The molecule has 0 heterocycles. The Hall–Kier alpha value is -3.54. The summed E-state index contributed by atoms with van der Waals surface area (Å²) in [7, 11) is 0. The lowest BCUT2D eigenvalue weighted by Gasteiger charge is -2.28. The molecule has 0 spiro atoms. The second kappa shape index (κ2) is 11.5. The molecule has 0 unspecified atom stereocenters. The molecule has 5 aromatic carbocycles. The minimum absolute atomic E-state index is 0.0449. The molecule has 0 aliphatic rings. The molecule has 5 aromatic rings. The first-order valence-electron chi connectivity index (χ1n) is 12.2. The van der Waals surface area contributed by atoms with Crippen LogP contribution in [0.2, 0.25) is 20.1 Å². The highest BCUT2D eigenvalue weighted by molar-refractivity contribution is 6.33. The summed E-state index contributed by atoms with van der Waals surface area (Å²) in [5, 5.41) is 41.3. The quantitative estimate of drug-likeness (QED) is 0.144. The molecule has 0 atom stereocenters. The van der Waals surface area contributed by atoms with E-state index in [1.807, 2.05) is 24.3 Å². The van der Waals surface area contributed by atoms with E-state index < -0.39 is 11.8 Å². The van der Waals surface area contributed by atoms with Gasteiger partial charge < -0.3 is 20.4 Å². The monoisotopic (exact) mass is 610 g/mol. The fraction of sp³-hybridized carbons (Fsp3) is 0.0625. The third-order valence-corrected chi connectivity index (χ3v) is 8.05. The van der Waals surface area contributed by atoms with Crippen LogP contribution >= 0.6 is 46.4 Å². The van der Waals surface area contributed by atoms with Crippen LogP contribution in [-0.4, -0.2) is 20.4 Å². The minimum Gasteiger partial charge on any atom is -0.506 e. The van der Waals surface area contributed by atoms with Gasteiger partial charge in [-0.15, -0.1) is 0 Å². The van der Waals surface area contributed by atoms with Crippen molar-refractivity contribution in [3.63, 3.8) is 0 Å². The van der Waals surface area contributed by atoms with Gasteiger partial charge in [0.1, 0.15) is 23.0 Å². The Morgan fingerprint density at radius 3 is 0.850 bits per heavy atom. The van der Waals surface area contributed by atoms with E-state index in [2.05, 4.69) is 0 Å². The van der Waals surface area contributed by atoms with Gasteiger partial charge in [-0.05, 0) is 81.9 Å². The van der Waals surface area contributed by atoms with E-state index in [0.29, 0.717) is 0 Å². The molecule has 0 fully saturated rings. The lowest BCUT2D eigenvalue weighted by atomic mass is 9.76. The molecule has 202 valence electrons. The number of phenols is 4. The van der Waals surface area contributed by atoms with Crippen molar-refractivity contribution in [3.05, 3.63) is 151 Å². The average molecular weight is 612 g/mol. The van der Waals surface area contributed by atoms with Crippen molar-refractivity contribution in [1.29, 1.82) is 0 Å². The molecule has 40 heavy (non-hydrogen) atoms. The summed E-state index contributed by atoms with van der Waals surface area (Å²) in [4.78, 5) is 0. The second-order valence-corrected chi connectivity index (χ2v) is 11.0. The number of halogens is 4. The summed E-state index contributed by atoms with van der Waals surface area (Å²) in [6.45, 7) is 0. The van der Waals surface area contributed by atoms with Crippen molar-refractivity contribution in [2.75, 3.05) is 0 Å². The Labute approximate surface area is 251 Å². The first-order valence-corrected chi connectivity index (χ1v) is 13.7. The Kier molecular flexibility index (Phi) is 8.07. The lowest BCUT2D eigenvalue weighted by Crippen LogP contribution is -2.12. The van der Waals surface area contributed by atoms with Crippen molar-refractivity contribution in [2.45, 2.75) is 11.8 Å². The Bertz CT molecular complexity index is 1490. The smallest absolute Gasteiger partial charge is 0.134 e. The van der Waals surface area contributed by atoms with Crippen LogP contribution in [0.4, 0.5) is 0 Å². The molecular weight excluding hydrogens is 590 g/mol. The highest BCUT2D eigenvalue weighted by atomic mass is 35.5. The molecule has 0 radical (unpaired) electrons. The third-order valence-electron chi connectivity index (χ3n) is 6.84. The number of hydrogen-bond acceptors (Lipinski definition) is 4. The first-order chi connectivity index (χ1) is 19.1. The van der Waals surface area contributed by atoms with Gasteiger partial charge in [0.05, 0.1) is 20.1 Å². The van der Waals surface area contributed by atoms with Crippen LogP contribution in [0.1, 0.15) is 45.2 Å². The van der Waals surface area contributed by atoms with Crippen molar-refractivity contribution in [3.8, 4) is 23.0 Å². The van der Waals surface area contributed by atoms with Gasteiger partial charge in [0.25, 0.3) is 0 Å². The van der Waals surface area contributed by atoms with Crippen LogP contribution in [0.25, 0.3) is 0 Å².